The van der Waals surface area contributed by atoms with Gasteiger partial charge in [0.15, 0.2) is 0 Å². The fourth-order valence-corrected chi connectivity index (χ4v) is 1.91. The molecule has 2 heterocycles. The van der Waals surface area contributed by atoms with Crippen molar-refractivity contribution in [1.29, 1.82) is 0 Å². The zero-order chi connectivity index (χ0) is 10.7. The Hall–Kier alpha value is -0.000000000000000194. The molecule has 1 aromatic rings. The van der Waals surface area contributed by atoms with Crippen molar-refractivity contribution in [2.45, 2.75) is 18.9 Å². The van der Waals surface area contributed by atoms with Gasteiger partial charge in [-0.25, -0.2) is 4.98 Å². The summed E-state index contributed by atoms with van der Waals surface area (Å²) < 4.78 is 0. The maximum absolute atomic E-state index is 5.92. The molecule has 2 rings (SSSR count). The van der Waals surface area contributed by atoms with E-state index in [-0.39, 0.29) is 30.1 Å². The van der Waals surface area contributed by atoms with Crippen molar-refractivity contribution in [3.05, 3.63) is 16.5 Å². The largest absolute Gasteiger partial charge is 0.367 e. The molecule has 98 valence electrons. The van der Waals surface area contributed by atoms with Crippen LogP contribution in [0.4, 0.5) is 5.82 Å². The van der Waals surface area contributed by atoms with Crippen LogP contribution in [0.3, 0.4) is 0 Å². The third-order valence-corrected chi connectivity index (χ3v) is 2.85. The van der Waals surface area contributed by atoms with Crippen molar-refractivity contribution in [2.24, 2.45) is 0 Å². The first kappa shape index (κ1) is 17.0. The summed E-state index contributed by atoms with van der Waals surface area (Å²) in [4.78, 5) is 7.80. The van der Waals surface area contributed by atoms with Gasteiger partial charge in [0.05, 0.1) is 6.20 Å². The van der Waals surface area contributed by atoms with E-state index in [9.17, 15) is 0 Å². The maximum atomic E-state index is 5.92. The van der Waals surface area contributed by atoms with E-state index in [2.05, 4.69) is 20.6 Å². The topological polar surface area (TPSA) is 49.8 Å². The Morgan fingerprint density at radius 3 is 2.82 bits per heavy atom. The van der Waals surface area contributed by atoms with Crippen molar-refractivity contribution < 1.29 is 0 Å². The lowest BCUT2D eigenvalue weighted by Crippen LogP contribution is -2.29. The second kappa shape index (κ2) is 8.16. The van der Waals surface area contributed by atoms with Crippen LogP contribution in [0.25, 0.3) is 0 Å². The Kier molecular flexibility index (Phi) is 8.16. The van der Waals surface area contributed by atoms with Gasteiger partial charge >= 0.3 is 0 Å². The molecule has 8 heteroatoms. The SMILES string of the molecule is Cl.Cl.Clc1ncc(Cl)c(NCC2CCCN2)n1. The monoisotopic (exact) mass is 318 g/mol. The average Bonchev–Trinajstić information content (AvgIpc) is 2.72. The average molecular weight is 320 g/mol. The summed E-state index contributed by atoms with van der Waals surface area (Å²) in [5, 5.41) is 7.25. The third kappa shape index (κ3) is 5.02. The third-order valence-electron chi connectivity index (χ3n) is 2.39. The highest BCUT2D eigenvalue weighted by atomic mass is 35.5. The standard InChI is InChI=1S/C9H12Cl2N4.2ClH/c10-7-5-14-9(11)15-8(7)13-4-6-2-1-3-12-6;;/h5-6,12H,1-4H2,(H,13,14,15);2*1H. The van der Waals surface area contributed by atoms with Crippen molar-refractivity contribution in [2.75, 3.05) is 18.4 Å². The van der Waals surface area contributed by atoms with Crippen LogP contribution in [0.15, 0.2) is 6.20 Å². The van der Waals surface area contributed by atoms with Crippen LogP contribution >= 0.6 is 48.0 Å². The lowest BCUT2D eigenvalue weighted by Gasteiger charge is -2.12. The quantitative estimate of drug-likeness (QED) is 0.841. The lowest BCUT2D eigenvalue weighted by atomic mass is 10.2. The van der Waals surface area contributed by atoms with Gasteiger partial charge in [-0.05, 0) is 31.0 Å². The predicted octanol–water partition coefficient (Wildman–Crippen LogP) is 2.79. The molecule has 0 spiro atoms. The number of hydrogen-bond donors (Lipinski definition) is 2. The zero-order valence-corrected chi connectivity index (χ0v) is 12.1. The molecule has 1 aromatic heterocycles. The van der Waals surface area contributed by atoms with Crippen molar-refractivity contribution in [3.63, 3.8) is 0 Å². The van der Waals surface area contributed by atoms with E-state index in [4.69, 9.17) is 23.2 Å². The van der Waals surface area contributed by atoms with Gasteiger partial charge in [0.25, 0.3) is 0 Å². The molecule has 1 fully saturated rings. The molecule has 1 saturated heterocycles. The molecule has 0 aromatic carbocycles. The summed E-state index contributed by atoms with van der Waals surface area (Å²) in [5.41, 5.74) is 0. The molecule has 0 bridgehead atoms. The van der Waals surface area contributed by atoms with E-state index < -0.39 is 0 Å². The summed E-state index contributed by atoms with van der Waals surface area (Å²) in [7, 11) is 0. The maximum Gasteiger partial charge on any atom is 0.224 e. The number of halogens is 4. The summed E-state index contributed by atoms with van der Waals surface area (Å²) in [5.74, 6) is 0.602. The molecule has 2 N–H and O–H groups in total. The Labute approximate surface area is 123 Å². The van der Waals surface area contributed by atoms with E-state index in [1.54, 1.807) is 0 Å². The molecule has 4 nitrogen and oxygen atoms in total. The van der Waals surface area contributed by atoms with Gasteiger partial charge in [-0.15, -0.1) is 24.8 Å². The lowest BCUT2D eigenvalue weighted by molar-refractivity contribution is 0.632. The van der Waals surface area contributed by atoms with Crippen LogP contribution < -0.4 is 10.6 Å². The first-order valence-electron chi connectivity index (χ1n) is 4.91. The molecule has 1 aliphatic heterocycles. The minimum Gasteiger partial charge on any atom is -0.367 e. The Morgan fingerprint density at radius 1 is 1.41 bits per heavy atom. The number of anilines is 1. The Bertz CT molecular complexity index is 344. The molecular weight excluding hydrogens is 306 g/mol. The predicted molar refractivity (Wildman–Crippen MR) is 76.1 cm³/mol. The molecular formula is C9H14Cl4N4. The first-order chi connectivity index (χ1) is 7.25. The molecule has 0 saturated carbocycles. The van der Waals surface area contributed by atoms with Crippen LogP contribution in [0, 0.1) is 0 Å². The second-order valence-corrected chi connectivity index (χ2v) is 4.26. The van der Waals surface area contributed by atoms with Gasteiger partial charge in [-0.1, -0.05) is 11.6 Å². The van der Waals surface area contributed by atoms with Crippen LogP contribution in [-0.2, 0) is 0 Å². The van der Waals surface area contributed by atoms with Gasteiger partial charge in [0, 0.05) is 12.6 Å². The molecule has 1 unspecified atom stereocenters. The minimum absolute atomic E-state index is 0. The van der Waals surface area contributed by atoms with Crippen LogP contribution in [0.5, 0.6) is 0 Å². The molecule has 1 aliphatic rings. The van der Waals surface area contributed by atoms with Gasteiger partial charge in [0.2, 0.25) is 5.28 Å². The van der Waals surface area contributed by atoms with E-state index in [0.717, 1.165) is 13.1 Å². The van der Waals surface area contributed by atoms with Gasteiger partial charge in [-0.3, -0.25) is 0 Å². The zero-order valence-electron chi connectivity index (χ0n) is 8.95. The minimum atomic E-state index is 0. The summed E-state index contributed by atoms with van der Waals surface area (Å²) >= 11 is 11.6. The Balaban J connectivity index is 0.00000128. The molecule has 0 aliphatic carbocycles. The van der Waals surface area contributed by atoms with Crippen LogP contribution in [0.1, 0.15) is 12.8 Å². The number of hydrogen-bond acceptors (Lipinski definition) is 4. The van der Waals surface area contributed by atoms with Crippen molar-refractivity contribution in [1.82, 2.24) is 15.3 Å². The highest BCUT2D eigenvalue weighted by Crippen LogP contribution is 2.19. The summed E-state index contributed by atoms with van der Waals surface area (Å²) in [6, 6.07) is 0.495. The fraction of sp³-hybridized carbons (Fsp3) is 0.556. The Morgan fingerprint density at radius 2 is 2.18 bits per heavy atom. The van der Waals surface area contributed by atoms with Crippen molar-refractivity contribution >= 4 is 53.8 Å². The summed E-state index contributed by atoms with van der Waals surface area (Å²) in [6.07, 6.45) is 3.91. The highest BCUT2D eigenvalue weighted by molar-refractivity contribution is 6.33. The smallest absolute Gasteiger partial charge is 0.224 e. The van der Waals surface area contributed by atoms with Gasteiger partial charge in [-0.2, -0.15) is 4.98 Å². The summed E-state index contributed by atoms with van der Waals surface area (Å²) in [6.45, 7) is 1.90. The molecule has 1 atom stereocenters. The van der Waals surface area contributed by atoms with Crippen LogP contribution in [-0.4, -0.2) is 29.1 Å². The normalized spacial score (nSPS) is 18.1. The second-order valence-electron chi connectivity index (χ2n) is 3.51. The van der Waals surface area contributed by atoms with Gasteiger partial charge in [0.1, 0.15) is 10.8 Å². The van der Waals surface area contributed by atoms with E-state index in [0.29, 0.717) is 16.9 Å². The molecule has 17 heavy (non-hydrogen) atoms. The molecule has 0 radical (unpaired) electrons. The number of aromatic nitrogens is 2. The number of nitrogens with one attached hydrogen (secondary N) is 2. The van der Waals surface area contributed by atoms with Gasteiger partial charge < -0.3 is 10.6 Å². The highest BCUT2D eigenvalue weighted by Gasteiger charge is 2.14. The first-order valence-corrected chi connectivity index (χ1v) is 5.66. The molecule has 0 amide bonds. The van der Waals surface area contributed by atoms with E-state index in [1.165, 1.54) is 19.0 Å². The number of rotatable bonds is 3. The van der Waals surface area contributed by atoms with E-state index in [1.807, 2.05) is 0 Å². The van der Waals surface area contributed by atoms with Crippen molar-refractivity contribution in [3.8, 4) is 0 Å². The van der Waals surface area contributed by atoms with E-state index >= 15 is 0 Å². The number of nitrogens with zero attached hydrogens (tertiary/aromatic N) is 2. The fourth-order valence-electron chi connectivity index (χ4n) is 1.62. The van der Waals surface area contributed by atoms with Crippen LogP contribution in [0.2, 0.25) is 10.3 Å².